The number of nitrogens with one attached hydrogen (secondary N) is 1. The number of nitrogens with zero attached hydrogens (tertiary/aromatic N) is 1. The van der Waals surface area contributed by atoms with Crippen molar-refractivity contribution in [1.82, 2.24) is 10.3 Å². The van der Waals surface area contributed by atoms with Crippen LogP contribution >= 0.6 is 11.3 Å². The van der Waals surface area contributed by atoms with Crippen molar-refractivity contribution in [2.24, 2.45) is 5.92 Å². The van der Waals surface area contributed by atoms with E-state index in [4.69, 9.17) is 5.11 Å². The number of rotatable bonds is 5. The fraction of sp³-hybridized carbons (Fsp3) is 0.667. The number of carbonyl (C=O) groups is 2. The highest BCUT2D eigenvalue weighted by atomic mass is 32.1. The third-order valence-corrected chi connectivity index (χ3v) is 5.07. The van der Waals surface area contributed by atoms with Crippen molar-refractivity contribution in [2.75, 3.05) is 0 Å². The normalized spacial score (nSPS) is 16.4. The monoisotopic (exact) mass is 310 g/mol. The lowest BCUT2D eigenvalue weighted by molar-refractivity contribution is -0.122. The number of thiazole rings is 1. The van der Waals surface area contributed by atoms with E-state index >= 15 is 0 Å². The summed E-state index contributed by atoms with van der Waals surface area (Å²) in [6.45, 7) is 2.00. The van der Waals surface area contributed by atoms with E-state index in [1.165, 1.54) is 25.7 Å². The highest BCUT2D eigenvalue weighted by Gasteiger charge is 2.17. The lowest BCUT2D eigenvalue weighted by Gasteiger charge is -2.13. The maximum Gasteiger partial charge on any atom is 0.347 e. The van der Waals surface area contributed by atoms with Crippen LogP contribution in [0.5, 0.6) is 0 Å². The molecule has 1 aliphatic carbocycles. The van der Waals surface area contributed by atoms with Crippen LogP contribution in [0.3, 0.4) is 0 Å². The molecular weight excluding hydrogens is 288 g/mol. The molecule has 116 valence electrons. The summed E-state index contributed by atoms with van der Waals surface area (Å²) >= 11 is 1.13. The van der Waals surface area contributed by atoms with Gasteiger partial charge in [-0.25, -0.2) is 9.78 Å². The second-order valence-corrected chi connectivity index (χ2v) is 6.75. The van der Waals surface area contributed by atoms with Crippen LogP contribution in [-0.4, -0.2) is 22.0 Å². The van der Waals surface area contributed by atoms with Crippen LogP contribution in [0.2, 0.25) is 0 Å². The fourth-order valence-corrected chi connectivity index (χ4v) is 3.65. The number of aryl methyl sites for hydroxylation is 1. The van der Waals surface area contributed by atoms with Gasteiger partial charge in [-0.3, -0.25) is 4.79 Å². The number of aromatic carboxylic acids is 1. The van der Waals surface area contributed by atoms with Crippen molar-refractivity contribution in [3.63, 3.8) is 0 Å². The van der Waals surface area contributed by atoms with Crippen molar-refractivity contribution >= 4 is 23.2 Å². The quantitative estimate of drug-likeness (QED) is 0.819. The molecule has 1 aliphatic rings. The molecule has 0 saturated heterocycles. The van der Waals surface area contributed by atoms with E-state index in [1.54, 1.807) is 6.92 Å². The summed E-state index contributed by atoms with van der Waals surface area (Å²) in [7, 11) is 0. The zero-order valence-electron chi connectivity index (χ0n) is 12.4. The van der Waals surface area contributed by atoms with E-state index in [-0.39, 0.29) is 10.8 Å². The first-order valence-electron chi connectivity index (χ1n) is 7.52. The highest BCUT2D eigenvalue weighted by molar-refractivity contribution is 7.13. The molecule has 1 fully saturated rings. The van der Waals surface area contributed by atoms with Crippen molar-refractivity contribution in [3.05, 3.63) is 15.6 Å². The first-order valence-corrected chi connectivity index (χ1v) is 8.34. The Labute approximate surface area is 128 Å². The largest absolute Gasteiger partial charge is 0.477 e. The van der Waals surface area contributed by atoms with Crippen LogP contribution in [-0.2, 0) is 11.3 Å². The van der Waals surface area contributed by atoms with Crippen LogP contribution < -0.4 is 5.32 Å². The Bertz CT molecular complexity index is 505. The number of amides is 1. The van der Waals surface area contributed by atoms with Gasteiger partial charge >= 0.3 is 5.97 Å². The molecule has 1 saturated carbocycles. The lowest BCUT2D eigenvalue weighted by atomic mass is 9.96. The Morgan fingerprint density at radius 2 is 1.95 bits per heavy atom. The average molecular weight is 310 g/mol. The number of carboxylic acid groups (broad SMARTS) is 1. The van der Waals surface area contributed by atoms with Crippen LogP contribution in [0.25, 0.3) is 0 Å². The van der Waals surface area contributed by atoms with Gasteiger partial charge in [0.15, 0.2) is 0 Å². The molecular formula is C15H22N2O3S. The molecule has 0 aromatic carbocycles. The predicted molar refractivity (Wildman–Crippen MR) is 81.5 cm³/mol. The molecule has 2 rings (SSSR count). The predicted octanol–water partition coefficient (Wildman–Crippen LogP) is 3.13. The van der Waals surface area contributed by atoms with E-state index in [1.807, 2.05) is 0 Å². The minimum absolute atomic E-state index is 0.0478. The van der Waals surface area contributed by atoms with Crippen LogP contribution in [0.4, 0.5) is 0 Å². The molecule has 1 amide bonds. The standard InChI is InChI=1S/C15H22N2O3S/c1-10-14(15(19)20)21-13(17-10)9-16-12(18)8-11-6-4-2-3-5-7-11/h11H,2-9H2,1H3,(H,16,18)(H,19,20). The average Bonchev–Trinajstić information content (AvgIpc) is 2.63. The van der Waals surface area contributed by atoms with Gasteiger partial charge in [0.25, 0.3) is 0 Å². The Morgan fingerprint density at radius 3 is 2.52 bits per heavy atom. The topological polar surface area (TPSA) is 79.3 Å². The molecule has 21 heavy (non-hydrogen) atoms. The molecule has 5 nitrogen and oxygen atoms in total. The summed E-state index contributed by atoms with van der Waals surface area (Å²) < 4.78 is 0. The Hall–Kier alpha value is -1.43. The molecule has 0 atom stereocenters. The van der Waals surface area contributed by atoms with Gasteiger partial charge in [-0.15, -0.1) is 11.3 Å². The van der Waals surface area contributed by atoms with Crippen LogP contribution in [0, 0.1) is 12.8 Å². The Balaban J connectivity index is 1.80. The van der Waals surface area contributed by atoms with Crippen molar-refractivity contribution in [1.29, 1.82) is 0 Å². The summed E-state index contributed by atoms with van der Waals surface area (Å²) in [5, 5.41) is 12.5. The zero-order valence-corrected chi connectivity index (χ0v) is 13.2. The number of aromatic nitrogens is 1. The van der Waals surface area contributed by atoms with Crippen LogP contribution in [0.1, 0.15) is 65.3 Å². The van der Waals surface area contributed by atoms with Gasteiger partial charge in [-0.05, 0) is 25.7 Å². The minimum Gasteiger partial charge on any atom is -0.477 e. The van der Waals surface area contributed by atoms with E-state index in [2.05, 4.69) is 10.3 Å². The molecule has 0 unspecified atom stereocenters. The summed E-state index contributed by atoms with van der Waals surface area (Å²) in [5.41, 5.74) is 0.514. The molecule has 0 spiro atoms. The number of hydrogen-bond acceptors (Lipinski definition) is 4. The molecule has 0 bridgehead atoms. The molecule has 0 aliphatic heterocycles. The van der Waals surface area contributed by atoms with Gasteiger partial charge in [-0.2, -0.15) is 0 Å². The molecule has 1 aromatic heterocycles. The van der Waals surface area contributed by atoms with Crippen molar-refractivity contribution in [2.45, 2.75) is 58.4 Å². The van der Waals surface area contributed by atoms with E-state index in [0.29, 0.717) is 29.6 Å². The molecule has 0 radical (unpaired) electrons. The maximum absolute atomic E-state index is 12.0. The first kappa shape index (κ1) is 15.9. The lowest BCUT2D eigenvalue weighted by Crippen LogP contribution is -2.25. The fourth-order valence-electron chi connectivity index (χ4n) is 2.80. The van der Waals surface area contributed by atoms with E-state index in [0.717, 1.165) is 24.2 Å². The summed E-state index contributed by atoms with van der Waals surface area (Å²) in [6, 6.07) is 0. The summed E-state index contributed by atoms with van der Waals surface area (Å²) in [5.74, 6) is -0.409. The van der Waals surface area contributed by atoms with Gasteiger partial charge in [0, 0.05) is 6.42 Å². The van der Waals surface area contributed by atoms with Gasteiger partial charge in [0.1, 0.15) is 9.88 Å². The van der Waals surface area contributed by atoms with Crippen molar-refractivity contribution < 1.29 is 14.7 Å². The van der Waals surface area contributed by atoms with E-state index < -0.39 is 5.97 Å². The summed E-state index contributed by atoms with van der Waals surface area (Å²) in [6.07, 6.45) is 7.90. The molecule has 6 heteroatoms. The SMILES string of the molecule is Cc1nc(CNC(=O)CC2CCCCCC2)sc1C(=O)O. The Kier molecular flexibility index (Phi) is 5.73. The zero-order chi connectivity index (χ0) is 15.2. The third kappa shape index (κ3) is 4.81. The molecule has 2 N–H and O–H groups in total. The Morgan fingerprint density at radius 1 is 1.29 bits per heavy atom. The van der Waals surface area contributed by atoms with E-state index in [9.17, 15) is 9.59 Å². The third-order valence-electron chi connectivity index (χ3n) is 3.92. The summed E-state index contributed by atoms with van der Waals surface area (Å²) in [4.78, 5) is 27.4. The number of carboxylic acids is 1. The molecule has 1 aromatic rings. The number of hydrogen-bond donors (Lipinski definition) is 2. The minimum atomic E-state index is -0.957. The van der Waals surface area contributed by atoms with Gasteiger partial charge in [0.05, 0.1) is 12.2 Å². The highest BCUT2D eigenvalue weighted by Crippen LogP contribution is 2.25. The van der Waals surface area contributed by atoms with Gasteiger partial charge in [0.2, 0.25) is 5.91 Å². The molecule has 1 heterocycles. The second kappa shape index (κ2) is 7.54. The first-order chi connectivity index (χ1) is 10.1. The maximum atomic E-state index is 12.0. The smallest absolute Gasteiger partial charge is 0.347 e. The number of carbonyl (C=O) groups excluding carboxylic acids is 1. The second-order valence-electron chi connectivity index (χ2n) is 5.67. The van der Waals surface area contributed by atoms with Crippen LogP contribution in [0.15, 0.2) is 0 Å². The van der Waals surface area contributed by atoms with Crippen molar-refractivity contribution in [3.8, 4) is 0 Å². The van der Waals surface area contributed by atoms with Gasteiger partial charge in [-0.1, -0.05) is 25.7 Å². The van der Waals surface area contributed by atoms with Gasteiger partial charge < -0.3 is 10.4 Å².